The number of hydrogen-bond donors (Lipinski definition) is 4. The summed E-state index contributed by atoms with van der Waals surface area (Å²) >= 11 is 0. The Balaban J connectivity index is 0.000000310. The Labute approximate surface area is 245 Å². The largest absolute Gasteiger partial charge is 0.463 e. The van der Waals surface area contributed by atoms with Crippen LogP contribution in [0.2, 0.25) is 0 Å². The minimum absolute atomic E-state index is 0.137. The van der Waals surface area contributed by atoms with Gasteiger partial charge >= 0.3 is 12.0 Å². The van der Waals surface area contributed by atoms with Crippen LogP contribution in [0.25, 0.3) is 0 Å². The highest BCUT2D eigenvalue weighted by Gasteiger charge is 2.38. The number of carbonyl (C=O) groups excluding carboxylic acids is 2. The Kier molecular flexibility index (Phi) is 10.6. The lowest BCUT2D eigenvalue weighted by atomic mass is 9.70. The van der Waals surface area contributed by atoms with Crippen molar-refractivity contribution in [1.29, 1.82) is 0 Å². The highest BCUT2D eigenvalue weighted by atomic mass is 16.5. The molecule has 0 fully saturated rings. The monoisotopic (exact) mass is 561 g/mol. The number of amides is 2. The van der Waals surface area contributed by atoms with E-state index in [9.17, 15) is 9.59 Å². The molecule has 4 aromatic carbocycles. The van der Waals surface area contributed by atoms with Gasteiger partial charge in [0.25, 0.3) is 0 Å². The molecule has 8 heteroatoms. The van der Waals surface area contributed by atoms with Crippen LogP contribution in [-0.4, -0.2) is 34.6 Å². The number of aromatic nitrogens is 2. The molecular formula is C34H35N5O3. The average molecular weight is 562 g/mol. The van der Waals surface area contributed by atoms with E-state index >= 15 is 0 Å². The van der Waals surface area contributed by atoms with Crippen molar-refractivity contribution in [2.45, 2.75) is 24.4 Å². The number of nitrogens with two attached hydrogens (primary N) is 2. The first-order chi connectivity index (χ1) is 20.5. The van der Waals surface area contributed by atoms with Gasteiger partial charge in [-0.1, -0.05) is 121 Å². The molecule has 0 saturated carbocycles. The molecular weight excluding hydrogens is 526 g/mol. The van der Waals surface area contributed by atoms with E-state index in [1.54, 1.807) is 12.5 Å². The molecule has 0 aliphatic carbocycles. The van der Waals surface area contributed by atoms with E-state index in [0.29, 0.717) is 13.0 Å². The van der Waals surface area contributed by atoms with Crippen molar-refractivity contribution >= 4 is 12.0 Å². The van der Waals surface area contributed by atoms with E-state index in [1.165, 1.54) is 0 Å². The molecule has 0 aliphatic rings. The lowest BCUT2D eigenvalue weighted by Gasteiger charge is -2.35. The molecule has 8 nitrogen and oxygen atoms in total. The van der Waals surface area contributed by atoms with Gasteiger partial charge in [-0.05, 0) is 22.3 Å². The van der Waals surface area contributed by atoms with Crippen molar-refractivity contribution in [3.8, 4) is 0 Å². The first-order valence-corrected chi connectivity index (χ1v) is 13.6. The van der Waals surface area contributed by atoms with Crippen LogP contribution >= 0.6 is 0 Å². The number of rotatable bonds is 10. The Morgan fingerprint density at radius 2 is 1.26 bits per heavy atom. The molecule has 0 radical (unpaired) electrons. The Hall–Kier alpha value is -5.21. The molecule has 1 unspecified atom stereocenters. The summed E-state index contributed by atoms with van der Waals surface area (Å²) in [7, 11) is 0. The van der Waals surface area contributed by atoms with Gasteiger partial charge in [-0.25, -0.2) is 9.78 Å². The molecule has 6 N–H and O–H groups in total. The number of imidazole rings is 1. The maximum Gasteiger partial charge on any atom is 0.323 e. The average Bonchev–Trinajstić information content (AvgIpc) is 3.56. The minimum Gasteiger partial charge on any atom is -0.463 e. The fourth-order valence-corrected chi connectivity index (χ4v) is 4.70. The zero-order valence-electron chi connectivity index (χ0n) is 23.2. The van der Waals surface area contributed by atoms with Gasteiger partial charge in [-0.3, -0.25) is 4.79 Å². The molecule has 1 heterocycles. The van der Waals surface area contributed by atoms with Crippen molar-refractivity contribution < 1.29 is 14.3 Å². The number of esters is 1. The Morgan fingerprint density at radius 1 is 0.786 bits per heavy atom. The van der Waals surface area contributed by atoms with Crippen molar-refractivity contribution in [1.82, 2.24) is 15.3 Å². The SMILES string of the molecule is NC(=O)NCc1ccccc1.NC(Cc1c[nH]cn1)C(=O)OCC(c1ccccc1)(c1ccccc1)c1ccccc1. The lowest BCUT2D eigenvalue weighted by molar-refractivity contribution is -0.146. The summed E-state index contributed by atoms with van der Waals surface area (Å²) in [4.78, 5) is 30.1. The van der Waals surface area contributed by atoms with Crippen molar-refractivity contribution in [3.05, 3.63) is 162 Å². The highest BCUT2D eigenvalue weighted by molar-refractivity contribution is 5.76. The van der Waals surface area contributed by atoms with Gasteiger partial charge in [0.15, 0.2) is 0 Å². The number of benzene rings is 4. The number of nitrogens with zero attached hydrogens (tertiary/aromatic N) is 1. The van der Waals surface area contributed by atoms with Gasteiger partial charge < -0.3 is 26.5 Å². The van der Waals surface area contributed by atoms with E-state index < -0.39 is 23.5 Å². The summed E-state index contributed by atoms with van der Waals surface area (Å²) in [5, 5.41) is 2.50. The van der Waals surface area contributed by atoms with Gasteiger partial charge in [-0.15, -0.1) is 0 Å². The number of ether oxygens (including phenoxy) is 1. The number of hydrogen-bond acceptors (Lipinski definition) is 5. The van der Waals surface area contributed by atoms with E-state index in [1.807, 2.05) is 84.9 Å². The summed E-state index contributed by atoms with van der Waals surface area (Å²) in [5.41, 5.74) is 15.3. The predicted octanol–water partition coefficient (Wildman–Crippen LogP) is 4.71. The molecule has 5 aromatic rings. The van der Waals surface area contributed by atoms with E-state index in [0.717, 1.165) is 27.9 Å². The van der Waals surface area contributed by atoms with E-state index in [2.05, 4.69) is 51.7 Å². The second-order valence-corrected chi connectivity index (χ2v) is 9.69. The second kappa shape index (κ2) is 15.0. The molecule has 2 amide bonds. The predicted molar refractivity (Wildman–Crippen MR) is 163 cm³/mol. The van der Waals surface area contributed by atoms with Crippen LogP contribution in [0.5, 0.6) is 0 Å². The lowest BCUT2D eigenvalue weighted by Crippen LogP contribution is -2.40. The van der Waals surface area contributed by atoms with Crippen molar-refractivity contribution in [3.63, 3.8) is 0 Å². The Bertz CT molecular complexity index is 1400. The van der Waals surface area contributed by atoms with Gasteiger partial charge in [0.1, 0.15) is 12.6 Å². The number of carbonyl (C=O) groups is 2. The molecule has 214 valence electrons. The summed E-state index contributed by atoms with van der Waals surface area (Å²) in [6, 6.07) is 38.7. The zero-order valence-corrected chi connectivity index (χ0v) is 23.2. The number of aromatic amines is 1. The van der Waals surface area contributed by atoms with Crippen molar-refractivity contribution in [2.24, 2.45) is 11.5 Å². The molecule has 5 rings (SSSR count). The second-order valence-electron chi connectivity index (χ2n) is 9.69. The summed E-state index contributed by atoms with van der Waals surface area (Å²) in [5.74, 6) is -0.449. The molecule has 0 spiro atoms. The minimum atomic E-state index is -0.789. The molecule has 0 bridgehead atoms. The Morgan fingerprint density at radius 3 is 1.69 bits per heavy atom. The molecule has 1 aromatic heterocycles. The van der Waals surface area contributed by atoms with Crippen LogP contribution < -0.4 is 16.8 Å². The third-order valence-corrected chi connectivity index (χ3v) is 6.83. The first-order valence-electron chi connectivity index (χ1n) is 13.6. The van der Waals surface area contributed by atoms with E-state index in [4.69, 9.17) is 16.2 Å². The van der Waals surface area contributed by atoms with E-state index in [-0.39, 0.29) is 6.61 Å². The first kappa shape index (κ1) is 29.8. The molecule has 1 atom stereocenters. The number of H-pyrrole nitrogens is 1. The fraction of sp³-hybridized carbons (Fsp3) is 0.147. The quantitative estimate of drug-likeness (QED) is 0.145. The number of primary amides is 1. The third-order valence-electron chi connectivity index (χ3n) is 6.83. The molecule has 0 saturated heterocycles. The van der Waals surface area contributed by atoms with Crippen LogP contribution in [0.1, 0.15) is 27.9 Å². The highest BCUT2D eigenvalue weighted by Crippen LogP contribution is 2.39. The van der Waals surface area contributed by atoms with Crippen LogP contribution in [0.3, 0.4) is 0 Å². The fourth-order valence-electron chi connectivity index (χ4n) is 4.70. The maximum absolute atomic E-state index is 12.8. The smallest absolute Gasteiger partial charge is 0.323 e. The molecule has 42 heavy (non-hydrogen) atoms. The van der Waals surface area contributed by atoms with Gasteiger partial charge in [0.05, 0.1) is 17.4 Å². The molecule has 0 aliphatic heterocycles. The summed E-state index contributed by atoms with van der Waals surface area (Å²) in [6.45, 7) is 0.633. The summed E-state index contributed by atoms with van der Waals surface area (Å²) in [6.07, 6.45) is 3.62. The van der Waals surface area contributed by atoms with Gasteiger partial charge in [-0.2, -0.15) is 0 Å². The van der Waals surface area contributed by atoms with Crippen LogP contribution in [-0.2, 0) is 27.9 Å². The topological polar surface area (TPSA) is 136 Å². The van der Waals surface area contributed by atoms with Gasteiger partial charge in [0, 0.05) is 19.2 Å². The zero-order chi connectivity index (χ0) is 29.6. The number of urea groups is 1. The van der Waals surface area contributed by atoms with Crippen LogP contribution in [0, 0.1) is 0 Å². The van der Waals surface area contributed by atoms with Crippen molar-refractivity contribution in [2.75, 3.05) is 6.61 Å². The third kappa shape index (κ3) is 7.93. The summed E-state index contributed by atoms with van der Waals surface area (Å²) < 4.78 is 5.88. The normalized spacial score (nSPS) is 11.5. The van der Waals surface area contributed by atoms with Gasteiger partial charge in [0.2, 0.25) is 0 Å². The maximum atomic E-state index is 12.8. The van der Waals surface area contributed by atoms with Crippen LogP contribution in [0.4, 0.5) is 4.79 Å². The number of nitrogens with one attached hydrogen (secondary N) is 2. The standard InChI is InChI=1S/C26H25N3O2.C8H10N2O/c27-24(16-23-17-28-19-29-23)25(30)31-18-26(20-10-4-1-5-11-20,21-12-6-2-7-13-21)22-14-8-3-9-15-22;9-8(11)10-6-7-4-2-1-3-5-7/h1-15,17,19,24H,16,18,27H2,(H,28,29);1-5H,6H2,(H3,9,10,11). The van der Waals surface area contributed by atoms with Crippen LogP contribution in [0.15, 0.2) is 134 Å².